The fraction of sp³-hybridized carbons (Fsp3) is 0.381. The summed E-state index contributed by atoms with van der Waals surface area (Å²) < 4.78 is 18.5. The number of piperazine rings is 1. The van der Waals surface area contributed by atoms with Crippen molar-refractivity contribution in [1.29, 1.82) is 0 Å². The normalized spacial score (nSPS) is 19.2. The van der Waals surface area contributed by atoms with E-state index in [4.69, 9.17) is 16.3 Å². The van der Waals surface area contributed by atoms with Crippen LogP contribution in [0, 0.1) is 5.82 Å². The van der Waals surface area contributed by atoms with Crippen molar-refractivity contribution in [3.8, 4) is 5.75 Å². The van der Waals surface area contributed by atoms with E-state index in [0.717, 1.165) is 39.1 Å². The summed E-state index contributed by atoms with van der Waals surface area (Å²) >= 11 is 6.08. The Morgan fingerprint density at radius 1 is 1.04 bits per heavy atom. The minimum Gasteiger partial charge on any atom is -0.493 e. The maximum Gasteiger partial charge on any atom is 0.279 e. The summed E-state index contributed by atoms with van der Waals surface area (Å²) in [6, 6.07) is 13.4. The number of hydrogen-bond acceptors (Lipinski definition) is 2. The molecule has 5 nitrogen and oxygen atoms in total. The Morgan fingerprint density at radius 2 is 1.71 bits per heavy atom. The van der Waals surface area contributed by atoms with Gasteiger partial charge in [0.2, 0.25) is 0 Å². The number of rotatable bonds is 8. The lowest BCUT2D eigenvalue weighted by Gasteiger charge is -2.29. The molecule has 0 unspecified atom stereocenters. The van der Waals surface area contributed by atoms with Crippen LogP contribution >= 0.6 is 11.6 Å². The summed E-state index contributed by atoms with van der Waals surface area (Å²) in [5.74, 6) is 0.451. The SMILES string of the molecule is O=C(C[NH+]1CC[NH+](CCCOc2ccc(F)cc2)CC1)Nc1ccccc1Cl. The first-order chi connectivity index (χ1) is 13.6. The molecule has 2 aromatic rings. The number of quaternary nitrogens is 2. The maximum atomic E-state index is 12.9. The Labute approximate surface area is 170 Å². The Morgan fingerprint density at radius 3 is 2.43 bits per heavy atom. The zero-order chi connectivity index (χ0) is 19.8. The number of para-hydroxylation sites is 1. The fourth-order valence-corrected chi connectivity index (χ4v) is 3.59. The maximum absolute atomic E-state index is 12.9. The predicted octanol–water partition coefficient (Wildman–Crippen LogP) is 0.670. The van der Waals surface area contributed by atoms with Crippen LogP contribution < -0.4 is 19.9 Å². The quantitative estimate of drug-likeness (QED) is 0.563. The van der Waals surface area contributed by atoms with E-state index in [9.17, 15) is 9.18 Å². The molecule has 1 aliphatic heterocycles. The van der Waals surface area contributed by atoms with Crippen LogP contribution in [-0.2, 0) is 4.79 Å². The average Bonchev–Trinajstić information content (AvgIpc) is 2.70. The second-order valence-electron chi connectivity index (χ2n) is 7.11. The summed E-state index contributed by atoms with van der Waals surface area (Å²) in [6.07, 6.45) is 0.953. The molecular formula is C21H27ClFN3O2+2. The van der Waals surface area contributed by atoms with E-state index >= 15 is 0 Å². The highest BCUT2D eigenvalue weighted by Gasteiger charge is 2.24. The first kappa shape index (κ1) is 20.6. The van der Waals surface area contributed by atoms with Gasteiger partial charge >= 0.3 is 0 Å². The van der Waals surface area contributed by atoms with Crippen molar-refractivity contribution < 1.29 is 23.7 Å². The molecule has 3 rings (SSSR count). The van der Waals surface area contributed by atoms with Crippen LogP contribution in [0.3, 0.4) is 0 Å². The molecule has 1 amide bonds. The van der Waals surface area contributed by atoms with Crippen LogP contribution in [0.4, 0.5) is 10.1 Å². The van der Waals surface area contributed by atoms with Crippen LogP contribution in [0.15, 0.2) is 48.5 Å². The number of carbonyl (C=O) groups excluding carboxylic acids is 1. The zero-order valence-electron chi connectivity index (χ0n) is 15.8. The summed E-state index contributed by atoms with van der Waals surface area (Å²) in [7, 11) is 0. The number of nitrogens with one attached hydrogen (secondary N) is 3. The minimum atomic E-state index is -0.252. The lowest BCUT2D eigenvalue weighted by atomic mass is 10.2. The summed E-state index contributed by atoms with van der Waals surface area (Å²) in [6.45, 7) is 6.18. The molecule has 1 fully saturated rings. The van der Waals surface area contributed by atoms with E-state index in [1.165, 1.54) is 21.9 Å². The molecule has 7 heteroatoms. The van der Waals surface area contributed by atoms with Gasteiger partial charge in [0, 0.05) is 6.42 Å². The molecule has 28 heavy (non-hydrogen) atoms. The Kier molecular flexibility index (Phi) is 7.65. The van der Waals surface area contributed by atoms with Crippen molar-refractivity contribution in [1.82, 2.24) is 0 Å². The van der Waals surface area contributed by atoms with Crippen molar-refractivity contribution in [2.45, 2.75) is 6.42 Å². The monoisotopic (exact) mass is 407 g/mol. The second kappa shape index (κ2) is 10.4. The largest absolute Gasteiger partial charge is 0.493 e. The van der Waals surface area contributed by atoms with Crippen LogP contribution in [0.2, 0.25) is 5.02 Å². The molecule has 2 aromatic carbocycles. The number of benzene rings is 2. The minimum absolute atomic E-state index is 0.000696. The van der Waals surface area contributed by atoms with Crippen LogP contribution in [0.5, 0.6) is 5.75 Å². The molecule has 0 spiro atoms. The highest BCUT2D eigenvalue weighted by Crippen LogP contribution is 2.19. The van der Waals surface area contributed by atoms with Crippen molar-refractivity contribution in [2.75, 3.05) is 51.2 Å². The molecule has 3 N–H and O–H groups in total. The Bertz CT molecular complexity index is 765. The molecule has 0 saturated carbocycles. The van der Waals surface area contributed by atoms with Crippen molar-refractivity contribution in [3.05, 3.63) is 59.4 Å². The second-order valence-corrected chi connectivity index (χ2v) is 7.52. The van der Waals surface area contributed by atoms with E-state index in [-0.39, 0.29) is 11.7 Å². The molecule has 1 aliphatic rings. The smallest absolute Gasteiger partial charge is 0.279 e. The molecule has 0 aliphatic carbocycles. The number of hydrogen-bond donors (Lipinski definition) is 3. The molecule has 1 saturated heterocycles. The summed E-state index contributed by atoms with van der Waals surface area (Å²) in [4.78, 5) is 15.1. The Hall–Kier alpha value is -2.15. The van der Waals surface area contributed by atoms with Gasteiger partial charge in [0.25, 0.3) is 5.91 Å². The number of ether oxygens (including phenoxy) is 1. The molecule has 0 atom stereocenters. The van der Waals surface area contributed by atoms with Gasteiger partial charge in [0.05, 0.1) is 23.9 Å². The van der Waals surface area contributed by atoms with Crippen LogP contribution in [-0.4, -0.2) is 51.8 Å². The molecule has 0 bridgehead atoms. The van der Waals surface area contributed by atoms with Crippen molar-refractivity contribution in [2.24, 2.45) is 0 Å². The lowest BCUT2D eigenvalue weighted by molar-refractivity contribution is -1.01. The molecule has 150 valence electrons. The number of anilines is 1. The van der Waals surface area contributed by atoms with E-state index in [1.54, 1.807) is 18.2 Å². The summed E-state index contributed by atoms with van der Waals surface area (Å²) in [5.41, 5.74) is 0.666. The van der Waals surface area contributed by atoms with E-state index in [2.05, 4.69) is 5.32 Å². The van der Waals surface area contributed by atoms with Gasteiger partial charge in [-0.1, -0.05) is 23.7 Å². The lowest BCUT2D eigenvalue weighted by Crippen LogP contribution is -3.28. The fourth-order valence-electron chi connectivity index (χ4n) is 3.41. The summed E-state index contributed by atoms with van der Waals surface area (Å²) in [5, 5.41) is 3.45. The van der Waals surface area contributed by atoms with E-state index in [1.807, 2.05) is 18.2 Å². The zero-order valence-corrected chi connectivity index (χ0v) is 16.6. The highest BCUT2D eigenvalue weighted by atomic mass is 35.5. The third kappa shape index (κ3) is 6.48. The van der Waals surface area contributed by atoms with Gasteiger partial charge in [-0.3, -0.25) is 4.79 Å². The highest BCUT2D eigenvalue weighted by molar-refractivity contribution is 6.33. The van der Waals surface area contributed by atoms with Crippen LogP contribution in [0.1, 0.15) is 6.42 Å². The third-order valence-electron chi connectivity index (χ3n) is 4.98. The number of amides is 1. The van der Waals surface area contributed by atoms with Gasteiger partial charge in [0.15, 0.2) is 6.54 Å². The number of carbonyl (C=O) groups is 1. The molecule has 1 heterocycles. The first-order valence-corrected chi connectivity index (χ1v) is 10.1. The van der Waals surface area contributed by atoms with Gasteiger partial charge in [0.1, 0.15) is 37.7 Å². The average molecular weight is 408 g/mol. The molecule has 0 radical (unpaired) electrons. The van der Waals surface area contributed by atoms with E-state index in [0.29, 0.717) is 29.6 Å². The van der Waals surface area contributed by atoms with E-state index < -0.39 is 0 Å². The van der Waals surface area contributed by atoms with Gasteiger partial charge in [-0.05, 0) is 36.4 Å². The molecule has 0 aromatic heterocycles. The first-order valence-electron chi connectivity index (χ1n) is 9.70. The topological polar surface area (TPSA) is 47.2 Å². The molecular weight excluding hydrogens is 381 g/mol. The third-order valence-corrected chi connectivity index (χ3v) is 5.31. The predicted molar refractivity (Wildman–Crippen MR) is 108 cm³/mol. The Balaban J connectivity index is 1.30. The van der Waals surface area contributed by atoms with Crippen LogP contribution in [0.25, 0.3) is 0 Å². The standard InChI is InChI=1S/C21H25ClFN3O2/c22-19-4-1-2-5-20(19)24-21(27)16-26-13-11-25(12-14-26)10-3-15-28-18-8-6-17(23)7-9-18/h1-2,4-9H,3,10-16H2,(H,24,27)/p+2. The van der Waals surface area contributed by atoms with Crippen molar-refractivity contribution in [3.63, 3.8) is 0 Å². The van der Waals surface area contributed by atoms with Gasteiger partial charge in [-0.25, -0.2) is 4.39 Å². The number of halogens is 2. The van der Waals surface area contributed by atoms with Crippen molar-refractivity contribution >= 4 is 23.2 Å². The van der Waals surface area contributed by atoms with Gasteiger partial charge < -0.3 is 19.9 Å². The van der Waals surface area contributed by atoms with Gasteiger partial charge in [-0.2, -0.15) is 0 Å². The van der Waals surface area contributed by atoms with Gasteiger partial charge in [-0.15, -0.1) is 0 Å².